The number of aromatic nitrogens is 2. The molecule has 0 aliphatic carbocycles. The summed E-state index contributed by atoms with van der Waals surface area (Å²) in [6, 6.07) is 0.784. The third-order valence-electron chi connectivity index (χ3n) is 3.60. The van der Waals surface area contributed by atoms with Crippen LogP contribution >= 0.6 is 0 Å². The Balaban J connectivity index is 2.44. The third kappa shape index (κ3) is 8.93. The topological polar surface area (TPSA) is 90.9 Å². The first kappa shape index (κ1) is 22.3. The van der Waals surface area contributed by atoms with Crippen molar-refractivity contribution in [1.29, 1.82) is 0 Å². The Morgan fingerprint density at radius 2 is 1.68 bits per heavy atom. The Morgan fingerprint density at radius 1 is 1.08 bits per heavy atom. The average molecular weight is 396 g/mol. The number of aryl methyl sites for hydroxylation is 2. The summed E-state index contributed by atoms with van der Waals surface area (Å²) in [5.74, 6) is -0.285. The van der Waals surface area contributed by atoms with Crippen molar-refractivity contribution < 1.29 is 30.8 Å². The standard InChI is InChI=1S/C15H30N2O6SSi/c1-4-21-25(22-5-2,23-6-3)14-8-7-9-16-10-11-17(15-16)12-13-24(18,19)20/h10-11,15H,4-9,12-14H2,1-3H3/p+1. The number of hydrogen-bond donors (Lipinski definition) is 1. The molecule has 0 amide bonds. The van der Waals surface area contributed by atoms with Gasteiger partial charge in [-0.25, -0.2) is 9.13 Å². The summed E-state index contributed by atoms with van der Waals surface area (Å²) in [4.78, 5) is 0. The molecule has 0 saturated carbocycles. The summed E-state index contributed by atoms with van der Waals surface area (Å²) in [6.45, 7) is 8.64. The fourth-order valence-electron chi connectivity index (χ4n) is 2.56. The largest absolute Gasteiger partial charge is 0.500 e. The van der Waals surface area contributed by atoms with E-state index in [2.05, 4.69) is 0 Å². The molecule has 25 heavy (non-hydrogen) atoms. The van der Waals surface area contributed by atoms with Gasteiger partial charge in [-0.15, -0.1) is 0 Å². The van der Waals surface area contributed by atoms with Crippen LogP contribution in [0.2, 0.25) is 6.04 Å². The minimum Gasteiger partial charge on any atom is -0.374 e. The zero-order valence-corrected chi connectivity index (χ0v) is 17.2. The van der Waals surface area contributed by atoms with Crippen molar-refractivity contribution in [2.24, 2.45) is 0 Å². The van der Waals surface area contributed by atoms with Gasteiger partial charge in [0.15, 0.2) is 0 Å². The normalized spacial score (nSPS) is 12.6. The van der Waals surface area contributed by atoms with Gasteiger partial charge in [0.2, 0.25) is 6.33 Å². The van der Waals surface area contributed by atoms with Crippen LogP contribution in [0.5, 0.6) is 0 Å². The maximum absolute atomic E-state index is 10.8. The molecule has 0 bridgehead atoms. The van der Waals surface area contributed by atoms with Crippen LogP contribution in [0.1, 0.15) is 33.6 Å². The summed E-state index contributed by atoms with van der Waals surface area (Å²) >= 11 is 0. The predicted molar refractivity (Wildman–Crippen MR) is 95.7 cm³/mol. The second kappa shape index (κ2) is 11.0. The molecule has 0 aliphatic rings. The molecule has 1 aromatic rings. The molecule has 1 N–H and O–H groups in total. The van der Waals surface area contributed by atoms with Gasteiger partial charge >= 0.3 is 8.80 Å². The lowest BCUT2D eigenvalue weighted by Crippen LogP contribution is -2.46. The average Bonchev–Trinajstić information content (AvgIpc) is 2.98. The molecule has 0 fully saturated rings. The van der Waals surface area contributed by atoms with E-state index in [1.807, 2.05) is 37.9 Å². The lowest BCUT2D eigenvalue weighted by atomic mass is 10.3. The van der Waals surface area contributed by atoms with Crippen molar-refractivity contribution >= 4 is 18.9 Å². The van der Waals surface area contributed by atoms with Crippen LogP contribution in [0.15, 0.2) is 18.7 Å². The van der Waals surface area contributed by atoms with Gasteiger partial charge < -0.3 is 13.3 Å². The monoisotopic (exact) mass is 395 g/mol. The van der Waals surface area contributed by atoms with E-state index in [9.17, 15) is 8.42 Å². The fourth-order valence-corrected chi connectivity index (χ4v) is 5.69. The van der Waals surface area contributed by atoms with E-state index in [0.29, 0.717) is 19.8 Å². The van der Waals surface area contributed by atoms with Crippen LogP contribution in [0.4, 0.5) is 0 Å². The second-order valence-electron chi connectivity index (χ2n) is 5.61. The van der Waals surface area contributed by atoms with E-state index < -0.39 is 18.9 Å². The molecule has 10 heteroatoms. The Labute approximate surface area is 151 Å². The summed E-state index contributed by atoms with van der Waals surface area (Å²) in [5.41, 5.74) is 0. The van der Waals surface area contributed by atoms with Gasteiger partial charge in [-0.2, -0.15) is 8.42 Å². The molecule has 0 unspecified atom stereocenters. The van der Waals surface area contributed by atoms with Crippen molar-refractivity contribution in [3.8, 4) is 0 Å². The highest BCUT2D eigenvalue weighted by molar-refractivity contribution is 7.85. The summed E-state index contributed by atoms with van der Waals surface area (Å²) in [6.07, 6.45) is 7.39. The van der Waals surface area contributed by atoms with Crippen LogP contribution < -0.4 is 4.57 Å². The van der Waals surface area contributed by atoms with E-state index in [1.54, 1.807) is 10.8 Å². The molecule has 1 heterocycles. The molecule has 0 spiro atoms. The number of unbranched alkanes of at least 4 members (excludes halogenated alkanes) is 1. The summed E-state index contributed by atoms with van der Waals surface area (Å²) in [7, 11) is -6.51. The molecule has 0 aromatic carbocycles. The van der Waals surface area contributed by atoms with Gasteiger partial charge in [0.05, 0.1) is 6.54 Å². The number of imidazole rings is 1. The highest BCUT2D eigenvalue weighted by Gasteiger charge is 2.39. The lowest BCUT2D eigenvalue weighted by molar-refractivity contribution is -0.696. The molecule has 1 aromatic heterocycles. The first-order chi connectivity index (χ1) is 11.8. The zero-order valence-electron chi connectivity index (χ0n) is 15.4. The highest BCUT2D eigenvalue weighted by atomic mass is 32.2. The summed E-state index contributed by atoms with van der Waals surface area (Å²) < 4.78 is 51.6. The molecular formula is C15H31N2O6SSi+. The van der Waals surface area contributed by atoms with Crippen LogP contribution in [-0.4, -0.2) is 51.9 Å². The molecule has 0 saturated heterocycles. The van der Waals surface area contributed by atoms with Crippen molar-refractivity contribution in [2.75, 3.05) is 25.6 Å². The molecule has 146 valence electrons. The van der Waals surface area contributed by atoms with Gasteiger partial charge in [0.25, 0.3) is 10.1 Å². The van der Waals surface area contributed by atoms with Gasteiger partial charge in [0, 0.05) is 25.9 Å². The molecule has 1 rings (SSSR count). The zero-order chi connectivity index (χ0) is 18.8. The van der Waals surface area contributed by atoms with Crippen molar-refractivity contribution in [3.63, 3.8) is 0 Å². The maximum atomic E-state index is 10.8. The Morgan fingerprint density at radius 3 is 2.20 bits per heavy atom. The smallest absolute Gasteiger partial charge is 0.374 e. The van der Waals surface area contributed by atoms with Gasteiger partial charge in [-0.05, 0) is 33.6 Å². The van der Waals surface area contributed by atoms with Gasteiger partial charge in [-0.1, -0.05) is 0 Å². The van der Waals surface area contributed by atoms with Crippen LogP contribution in [0, 0.1) is 0 Å². The van der Waals surface area contributed by atoms with Crippen molar-refractivity contribution in [2.45, 2.75) is 52.7 Å². The van der Waals surface area contributed by atoms with Crippen LogP contribution in [0.25, 0.3) is 0 Å². The number of rotatable bonds is 14. The Bertz CT molecular complexity index is 576. The molecule has 8 nitrogen and oxygen atoms in total. The Hall–Kier alpha value is -0.783. The highest BCUT2D eigenvalue weighted by Crippen LogP contribution is 2.19. The molecule has 0 radical (unpaired) electrons. The summed E-state index contributed by atoms with van der Waals surface area (Å²) in [5, 5.41) is 0. The molecule has 0 atom stereocenters. The van der Waals surface area contributed by atoms with Crippen molar-refractivity contribution in [3.05, 3.63) is 18.7 Å². The minimum atomic E-state index is -3.93. The Kier molecular flexibility index (Phi) is 9.83. The van der Waals surface area contributed by atoms with Gasteiger partial charge in [-0.3, -0.25) is 4.55 Å². The second-order valence-corrected chi connectivity index (χ2v) is 9.92. The SMILES string of the molecule is CCO[Si](CCCC[n+]1ccn(CCS(=O)(=O)O)c1)(OCC)OCC. The van der Waals surface area contributed by atoms with E-state index in [-0.39, 0.29) is 12.3 Å². The molecular weight excluding hydrogens is 364 g/mol. The van der Waals surface area contributed by atoms with E-state index in [4.69, 9.17) is 17.8 Å². The minimum absolute atomic E-state index is 0.237. The van der Waals surface area contributed by atoms with Crippen molar-refractivity contribution in [1.82, 2.24) is 4.57 Å². The quantitative estimate of drug-likeness (QED) is 0.222. The fraction of sp³-hybridized carbons (Fsp3) is 0.800. The van der Waals surface area contributed by atoms with Gasteiger partial charge in [0.1, 0.15) is 24.7 Å². The molecule has 0 aliphatic heterocycles. The number of hydrogen-bond acceptors (Lipinski definition) is 5. The predicted octanol–water partition coefficient (Wildman–Crippen LogP) is 1.49. The van der Waals surface area contributed by atoms with Crippen LogP contribution in [0.3, 0.4) is 0 Å². The van der Waals surface area contributed by atoms with E-state index >= 15 is 0 Å². The third-order valence-corrected chi connectivity index (χ3v) is 7.45. The van der Waals surface area contributed by atoms with E-state index in [1.165, 1.54) is 0 Å². The number of nitrogens with zero attached hydrogens (tertiary/aromatic N) is 2. The first-order valence-electron chi connectivity index (χ1n) is 8.76. The maximum Gasteiger partial charge on any atom is 0.500 e. The first-order valence-corrected chi connectivity index (χ1v) is 12.3. The van der Waals surface area contributed by atoms with E-state index in [0.717, 1.165) is 25.4 Å². The lowest BCUT2D eigenvalue weighted by Gasteiger charge is -2.28. The van der Waals surface area contributed by atoms with Crippen LogP contribution in [-0.2, 0) is 36.5 Å².